The molecule has 3 heterocycles. The Bertz CT molecular complexity index is 1080. The highest BCUT2D eigenvalue weighted by atomic mass is 16.5. The van der Waals surface area contributed by atoms with Crippen LogP contribution in [0.1, 0.15) is 5.82 Å². The van der Waals surface area contributed by atoms with Crippen LogP contribution in [0.2, 0.25) is 0 Å². The molecule has 0 fully saturated rings. The Labute approximate surface area is 167 Å². The zero-order chi connectivity index (χ0) is 19.9. The zero-order valence-corrected chi connectivity index (χ0v) is 15.6. The number of rotatable bonds is 8. The molecule has 0 bridgehead atoms. The van der Waals surface area contributed by atoms with Gasteiger partial charge in [-0.2, -0.15) is 0 Å². The molecule has 0 aliphatic heterocycles. The molecule has 8 nitrogen and oxygen atoms in total. The van der Waals surface area contributed by atoms with Crippen molar-refractivity contribution in [2.24, 2.45) is 0 Å². The summed E-state index contributed by atoms with van der Waals surface area (Å²) in [7, 11) is 0. The third-order valence-electron chi connectivity index (χ3n) is 4.11. The van der Waals surface area contributed by atoms with Gasteiger partial charge < -0.3 is 14.8 Å². The van der Waals surface area contributed by atoms with Gasteiger partial charge in [-0.05, 0) is 42.5 Å². The van der Waals surface area contributed by atoms with Crippen LogP contribution in [0, 0.1) is 0 Å². The molecule has 0 atom stereocenters. The Morgan fingerprint density at radius 2 is 1.79 bits per heavy atom. The summed E-state index contributed by atoms with van der Waals surface area (Å²) < 4.78 is 13.0. The number of nitrogens with zero attached hydrogens (tertiary/aromatic N) is 4. The van der Waals surface area contributed by atoms with Crippen molar-refractivity contribution < 1.29 is 14.3 Å². The van der Waals surface area contributed by atoms with E-state index in [1.165, 1.54) is 0 Å². The van der Waals surface area contributed by atoms with Crippen LogP contribution >= 0.6 is 0 Å². The van der Waals surface area contributed by atoms with Gasteiger partial charge in [0.1, 0.15) is 17.3 Å². The average molecular weight is 389 g/mol. The second kappa shape index (κ2) is 8.83. The lowest BCUT2D eigenvalue weighted by atomic mass is 10.3. The van der Waals surface area contributed by atoms with E-state index in [9.17, 15) is 4.79 Å². The maximum Gasteiger partial charge on any atom is 0.257 e. The Kier molecular flexibility index (Phi) is 5.61. The van der Waals surface area contributed by atoms with Gasteiger partial charge in [-0.3, -0.25) is 9.20 Å². The third kappa shape index (κ3) is 4.86. The van der Waals surface area contributed by atoms with Crippen molar-refractivity contribution in [1.29, 1.82) is 0 Å². The van der Waals surface area contributed by atoms with Crippen LogP contribution in [-0.2, 0) is 11.2 Å². The summed E-state index contributed by atoms with van der Waals surface area (Å²) in [5.41, 5.74) is 0.785. The number of carbonyl (C=O) groups is 1. The third-order valence-corrected chi connectivity index (χ3v) is 4.11. The number of fused-ring (bicyclic) bond motifs is 1. The molecule has 0 saturated heterocycles. The number of nitrogens with one attached hydrogen (secondary N) is 1. The molecule has 0 aliphatic carbocycles. The largest absolute Gasteiger partial charge is 0.484 e. The summed E-state index contributed by atoms with van der Waals surface area (Å²) >= 11 is 0. The van der Waals surface area contributed by atoms with Crippen LogP contribution in [0.4, 0.5) is 0 Å². The van der Waals surface area contributed by atoms with E-state index in [-0.39, 0.29) is 12.5 Å². The molecule has 1 amide bonds. The summed E-state index contributed by atoms with van der Waals surface area (Å²) in [4.78, 5) is 16.1. The molecule has 3 aromatic heterocycles. The van der Waals surface area contributed by atoms with E-state index in [2.05, 4.69) is 20.5 Å². The first-order valence-electron chi connectivity index (χ1n) is 9.15. The fraction of sp³-hybridized carbons (Fsp3) is 0.143. The molecule has 0 aliphatic rings. The van der Waals surface area contributed by atoms with E-state index in [1.54, 1.807) is 36.5 Å². The van der Waals surface area contributed by atoms with E-state index in [4.69, 9.17) is 9.47 Å². The minimum absolute atomic E-state index is 0.0684. The molecule has 0 radical (unpaired) electrons. The smallest absolute Gasteiger partial charge is 0.257 e. The quantitative estimate of drug-likeness (QED) is 0.498. The monoisotopic (exact) mass is 389 g/mol. The van der Waals surface area contributed by atoms with Crippen molar-refractivity contribution >= 4 is 11.6 Å². The number of amides is 1. The van der Waals surface area contributed by atoms with Crippen LogP contribution in [0.25, 0.3) is 5.65 Å². The van der Waals surface area contributed by atoms with E-state index >= 15 is 0 Å². The van der Waals surface area contributed by atoms with Gasteiger partial charge in [-0.25, -0.2) is 4.98 Å². The van der Waals surface area contributed by atoms with Crippen molar-refractivity contribution in [2.75, 3.05) is 13.2 Å². The van der Waals surface area contributed by atoms with Gasteiger partial charge in [0.25, 0.3) is 5.91 Å². The van der Waals surface area contributed by atoms with Crippen molar-refractivity contribution in [1.82, 2.24) is 24.9 Å². The first kappa shape index (κ1) is 18.4. The minimum atomic E-state index is -0.201. The Morgan fingerprint density at radius 1 is 0.966 bits per heavy atom. The molecule has 8 heteroatoms. The molecule has 0 unspecified atom stereocenters. The normalized spacial score (nSPS) is 10.6. The van der Waals surface area contributed by atoms with Crippen LogP contribution in [0.5, 0.6) is 17.4 Å². The number of pyridine rings is 2. The standard InChI is InChI=1S/C21H19N5O3/c27-20(22-13-11-19-25-24-18-5-2-4-14-26(18)19)15-28-16-7-9-17(10-8-16)29-21-6-1-3-12-23-21/h1-10,12,14H,11,13,15H2,(H,22,27). The Hall–Kier alpha value is -3.94. The van der Waals surface area contributed by atoms with E-state index < -0.39 is 0 Å². The first-order chi connectivity index (χ1) is 14.3. The number of aromatic nitrogens is 4. The maximum atomic E-state index is 12.0. The number of ether oxygens (including phenoxy) is 2. The molecule has 146 valence electrons. The lowest BCUT2D eigenvalue weighted by Crippen LogP contribution is -2.30. The molecule has 4 aromatic rings. The van der Waals surface area contributed by atoms with E-state index in [0.29, 0.717) is 30.3 Å². The van der Waals surface area contributed by atoms with Gasteiger partial charge in [0, 0.05) is 31.4 Å². The summed E-state index contributed by atoms with van der Waals surface area (Å²) in [6.07, 6.45) is 4.14. The zero-order valence-electron chi connectivity index (χ0n) is 15.6. The van der Waals surface area contributed by atoms with Gasteiger partial charge in [0.05, 0.1) is 0 Å². The fourth-order valence-corrected chi connectivity index (χ4v) is 2.71. The van der Waals surface area contributed by atoms with Crippen molar-refractivity contribution in [3.05, 3.63) is 78.9 Å². The molecule has 1 N–H and O–H groups in total. The molecular formula is C21H19N5O3. The van der Waals surface area contributed by atoms with Crippen LogP contribution in [0.3, 0.4) is 0 Å². The van der Waals surface area contributed by atoms with Gasteiger partial charge in [0.15, 0.2) is 12.3 Å². The van der Waals surface area contributed by atoms with Crippen molar-refractivity contribution in [3.63, 3.8) is 0 Å². The van der Waals surface area contributed by atoms with Crippen LogP contribution in [-0.4, -0.2) is 38.6 Å². The fourth-order valence-electron chi connectivity index (χ4n) is 2.71. The molecule has 0 spiro atoms. The van der Waals surface area contributed by atoms with Crippen molar-refractivity contribution in [2.45, 2.75) is 6.42 Å². The Balaban J connectivity index is 1.21. The molecule has 0 saturated carbocycles. The van der Waals surface area contributed by atoms with Crippen molar-refractivity contribution in [3.8, 4) is 17.4 Å². The molecular weight excluding hydrogens is 370 g/mol. The second-order valence-corrected chi connectivity index (χ2v) is 6.18. The van der Waals surface area contributed by atoms with E-state index in [1.807, 2.05) is 40.9 Å². The second-order valence-electron chi connectivity index (χ2n) is 6.18. The maximum absolute atomic E-state index is 12.0. The highest BCUT2D eigenvalue weighted by Gasteiger charge is 2.07. The minimum Gasteiger partial charge on any atom is -0.484 e. The molecule has 1 aromatic carbocycles. The van der Waals surface area contributed by atoms with Crippen LogP contribution in [0.15, 0.2) is 73.1 Å². The highest BCUT2D eigenvalue weighted by Crippen LogP contribution is 2.22. The van der Waals surface area contributed by atoms with Gasteiger partial charge >= 0.3 is 0 Å². The predicted molar refractivity (Wildman–Crippen MR) is 106 cm³/mol. The van der Waals surface area contributed by atoms with Gasteiger partial charge in [0.2, 0.25) is 5.88 Å². The summed E-state index contributed by atoms with van der Waals surface area (Å²) in [5, 5.41) is 11.0. The predicted octanol–water partition coefficient (Wildman–Crippen LogP) is 2.65. The van der Waals surface area contributed by atoms with Crippen LogP contribution < -0.4 is 14.8 Å². The first-order valence-corrected chi connectivity index (χ1v) is 9.15. The number of benzene rings is 1. The Morgan fingerprint density at radius 3 is 2.62 bits per heavy atom. The molecule has 4 rings (SSSR count). The molecule has 29 heavy (non-hydrogen) atoms. The average Bonchev–Trinajstić information content (AvgIpc) is 3.17. The van der Waals surface area contributed by atoms with Gasteiger partial charge in [-0.15, -0.1) is 10.2 Å². The SMILES string of the molecule is O=C(COc1ccc(Oc2ccccn2)cc1)NCCc1nnc2ccccn12. The summed E-state index contributed by atoms with van der Waals surface area (Å²) in [5.74, 6) is 2.33. The highest BCUT2D eigenvalue weighted by molar-refractivity contribution is 5.77. The number of carbonyl (C=O) groups excluding carboxylic acids is 1. The summed E-state index contributed by atoms with van der Waals surface area (Å²) in [6.45, 7) is 0.385. The number of hydrogen-bond acceptors (Lipinski definition) is 6. The lowest BCUT2D eigenvalue weighted by molar-refractivity contribution is -0.123. The topological polar surface area (TPSA) is 90.6 Å². The lowest BCUT2D eigenvalue weighted by Gasteiger charge is -2.08. The number of hydrogen-bond donors (Lipinski definition) is 1. The van der Waals surface area contributed by atoms with Gasteiger partial charge in [-0.1, -0.05) is 12.1 Å². The van der Waals surface area contributed by atoms with E-state index in [0.717, 1.165) is 11.5 Å². The summed E-state index contributed by atoms with van der Waals surface area (Å²) in [6, 6.07) is 18.2.